The van der Waals surface area contributed by atoms with Crippen LogP contribution in [-0.2, 0) is 0 Å². The predicted octanol–water partition coefficient (Wildman–Crippen LogP) is 3.02. The van der Waals surface area contributed by atoms with E-state index in [1.807, 2.05) is 32.6 Å². The maximum atomic E-state index is 12.8. The Morgan fingerprint density at radius 3 is 2.74 bits per heavy atom. The van der Waals surface area contributed by atoms with Crippen LogP contribution in [0.15, 0.2) is 10.7 Å². The molecule has 3 heterocycles. The van der Waals surface area contributed by atoms with Crippen molar-refractivity contribution < 1.29 is 9.32 Å². The third-order valence-electron chi connectivity index (χ3n) is 4.14. The molecular weight excluding hydrogens is 294 g/mol. The van der Waals surface area contributed by atoms with E-state index in [9.17, 15) is 4.79 Å². The second kappa shape index (κ2) is 6.14. The highest BCUT2D eigenvalue weighted by Gasteiger charge is 2.34. The maximum absolute atomic E-state index is 12.8. The molecule has 1 saturated heterocycles. The molecule has 2 aromatic heterocycles. The average Bonchev–Trinajstić information content (AvgIpc) is 3.24. The van der Waals surface area contributed by atoms with Crippen molar-refractivity contribution in [2.24, 2.45) is 0 Å². The number of likely N-dealkylation sites (tertiary alicyclic amines) is 1. The molecule has 7 nitrogen and oxygen atoms in total. The number of rotatable bonds is 4. The van der Waals surface area contributed by atoms with Crippen LogP contribution in [0.2, 0.25) is 0 Å². The molecule has 1 N–H and O–H groups in total. The summed E-state index contributed by atoms with van der Waals surface area (Å²) in [6.07, 6.45) is 3.41. The van der Waals surface area contributed by atoms with Gasteiger partial charge in [-0.15, -0.1) is 0 Å². The zero-order valence-corrected chi connectivity index (χ0v) is 14.0. The second-order valence-electron chi connectivity index (χ2n) is 6.64. The fraction of sp³-hybridized carbons (Fsp3) is 0.625. The van der Waals surface area contributed by atoms with Gasteiger partial charge in [-0.1, -0.05) is 32.9 Å². The van der Waals surface area contributed by atoms with Crippen molar-refractivity contribution in [3.05, 3.63) is 29.4 Å². The number of hydrogen-bond donors (Lipinski definition) is 1. The van der Waals surface area contributed by atoms with Gasteiger partial charge in [0.2, 0.25) is 5.89 Å². The van der Waals surface area contributed by atoms with Gasteiger partial charge in [0.05, 0.1) is 12.2 Å². The van der Waals surface area contributed by atoms with Crippen LogP contribution < -0.4 is 0 Å². The molecule has 0 aliphatic carbocycles. The third-order valence-corrected chi connectivity index (χ3v) is 4.14. The smallest absolute Gasteiger partial charge is 0.272 e. The van der Waals surface area contributed by atoms with E-state index in [0.717, 1.165) is 18.7 Å². The lowest BCUT2D eigenvalue weighted by Crippen LogP contribution is -2.31. The summed E-state index contributed by atoms with van der Waals surface area (Å²) >= 11 is 0. The zero-order chi connectivity index (χ0) is 16.6. The van der Waals surface area contributed by atoms with Crippen molar-refractivity contribution >= 4 is 5.91 Å². The Hall–Kier alpha value is -2.18. The summed E-state index contributed by atoms with van der Waals surface area (Å²) < 4.78 is 5.29. The highest BCUT2D eigenvalue weighted by atomic mass is 16.5. The van der Waals surface area contributed by atoms with Crippen molar-refractivity contribution in [2.45, 2.75) is 58.4 Å². The van der Waals surface area contributed by atoms with Crippen LogP contribution in [0.4, 0.5) is 0 Å². The Bertz CT molecular complexity index is 688. The largest absolute Gasteiger partial charge is 0.339 e. The van der Waals surface area contributed by atoms with Crippen LogP contribution in [0, 0.1) is 0 Å². The molecule has 0 spiro atoms. The molecule has 0 radical (unpaired) electrons. The van der Waals surface area contributed by atoms with Crippen molar-refractivity contribution in [2.75, 3.05) is 6.54 Å². The number of carbonyl (C=O) groups is 1. The van der Waals surface area contributed by atoms with Crippen molar-refractivity contribution in [3.8, 4) is 0 Å². The summed E-state index contributed by atoms with van der Waals surface area (Å²) in [5.41, 5.74) is 0.521. The van der Waals surface area contributed by atoms with Crippen LogP contribution in [0.5, 0.6) is 0 Å². The van der Waals surface area contributed by atoms with Gasteiger partial charge in [0, 0.05) is 18.4 Å². The summed E-state index contributed by atoms with van der Waals surface area (Å²) in [7, 11) is 0. The van der Waals surface area contributed by atoms with Crippen LogP contribution >= 0.6 is 0 Å². The number of H-pyrrole nitrogens is 1. The molecule has 0 bridgehead atoms. The molecule has 124 valence electrons. The Morgan fingerprint density at radius 2 is 2.13 bits per heavy atom. The van der Waals surface area contributed by atoms with Crippen LogP contribution in [-0.4, -0.2) is 37.5 Å². The minimum Gasteiger partial charge on any atom is -0.339 e. The van der Waals surface area contributed by atoms with Crippen LogP contribution in [0.1, 0.15) is 86.4 Å². The van der Waals surface area contributed by atoms with E-state index < -0.39 is 0 Å². The van der Waals surface area contributed by atoms with Gasteiger partial charge < -0.3 is 14.4 Å². The fourth-order valence-corrected chi connectivity index (χ4v) is 2.79. The number of aromatic nitrogens is 4. The summed E-state index contributed by atoms with van der Waals surface area (Å²) in [4.78, 5) is 26.4. The van der Waals surface area contributed by atoms with Gasteiger partial charge in [-0.05, 0) is 12.8 Å². The first-order valence-electron chi connectivity index (χ1n) is 8.16. The summed E-state index contributed by atoms with van der Waals surface area (Å²) in [5, 5.41) is 4.07. The van der Waals surface area contributed by atoms with Gasteiger partial charge in [0.1, 0.15) is 11.5 Å². The number of nitrogens with one attached hydrogen (secondary N) is 1. The van der Waals surface area contributed by atoms with Gasteiger partial charge in [-0.25, -0.2) is 4.98 Å². The molecule has 23 heavy (non-hydrogen) atoms. The van der Waals surface area contributed by atoms with Crippen LogP contribution in [0.25, 0.3) is 0 Å². The first kappa shape index (κ1) is 15.7. The quantitative estimate of drug-likeness (QED) is 0.936. The fourth-order valence-electron chi connectivity index (χ4n) is 2.79. The van der Waals surface area contributed by atoms with Gasteiger partial charge >= 0.3 is 0 Å². The van der Waals surface area contributed by atoms with E-state index in [4.69, 9.17) is 4.52 Å². The lowest BCUT2D eigenvalue weighted by molar-refractivity contribution is 0.0722. The summed E-state index contributed by atoms with van der Waals surface area (Å²) in [6, 6.07) is -0.121. The predicted molar refractivity (Wildman–Crippen MR) is 84.1 cm³/mol. The molecule has 0 aromatic carbocycles. The first-order chi connectivity index (χ1) is 11.0. The number of nitrogens with zero attached hydrogens (tertiary/aromatic N) is 4. The Kier molecular flexibility index (Phi) is 4.19. The number of hydrogen-bond acceptors (Lipinski definition) is 5. The van der Waals surface area contributed by atoms with Gasteiger partial charge in [-0.2, -0.15) is 4.98 Å². The minimum absolute atomic E-state index is 0.0530. The number of amides is 1. The topological polar surface area (TPSA) is 87.9 Å². The van der Waals surface area contributed by atoms with E-state index in [-0.39, 0.29) is 23.8 Å². The Labute approximate surface area is 135 Å². The average molecular weight is 317 g/mol. The Balaban J connectivity index is 1.81. The van der Waals surface area contributed by atoms with Crippen molar-refractivity contribution in [3.63, 3.8) is 0 Å². The Morgan fingerprint density at radius 1 is 1.35 bits per heavy atom. The molecule has 7 heteroatoms. The molecule has 3 rings (SSSR count). The zero-order valence-electron chi connectivity index (χ0n) is 14.0. The normalized spacial score (nSPS) is 18.3. The molecule has 1 fully saturated rings. The molecule has 0 saturated carbocycles. The van der Waals surface area contributed by atoms with E-state index in [1.165, 1.54) is 0 Å². The molecule has 1 amide bonds. The standard InChI is InChI=1S/C16H23N5O2/c1-9(2)13-17-8-11(18-13)16(22)21-7-5-6-12(21)14-19-15(10(3)4)23-20-14/h8-10,12H,5-7H2,1-4H3,(H,17,18). The maximum Gasteiger partial charge on any atom is 0.272 e. The minimum atomic E-state index is -0.121. The molecule has 1 aliphatic rings. The van der Waals surface area contributed by atoms with E-state index >= 15 is 0 Å². The second-order valence-corrected chi connectivity index (χ2v) is 6.64. The van der Waals surface area contributed by atoms with Gasteiger partial charge in [-0.3, -0.25) is 4.79 Å². The number of aromatic amines is 1. The monoisotopic (exact) mass is 317 g/mol. The van der Waals surface area contributed by atoms with Gasteiger partial charge in [0.25, 0.3) is 5.91 Å². The molecular formula is C16H23N5O2. The van der Waals surface area contributed by atoms with Crippen molar-refractivity contribution in [1.29, 1.82) is 0 Å². The number of imidazole rings is 1. The van der Waals surface area contributed by atoms with E-state index in [0.29, 0.717) is 24.0 Å². The highest BCUT2D eigenvalue weighted by Crippen LogP contribution is 2.32. The summed E-state index contributed by atoms with van der Waals surface area (Å²) in [5.74, 6) is 2.43. The molecule has 1 unspecified atom stereocenters. The lowest BCUT2D eigenvalue weighted by atomic mass is 10.2. The van der Waals surface area contributed by atoms with Gasteiger partial charge in [0.15, 0.2) is 5.82 Å². The third kappa shape index (κ3) is 3.00. The van der Waals surface area contributed by atoms with Crippen LogP contribution in [0.3, 0.4) is 0 Å². The van der Waals surface area contributed by atoms with Crippen molar-refractivity contribution in [1.82, 2.24) is 25.0 Å². The SMILES string of the molecule is CC(C)c1ncc(C(=O)N2CCCC2c2noc(C(C)C)n2)[nH]1. The first-order valence-corrected chi connectivity index (χ1v) is 8.16. The molecule has 2 aromatic rings. The van der Waals surface area contributed by atoms with E-state index in [2.05, 4.69) is 20.1 Å². The summed E-state index contributed by atoms with van der Waals surface area (Å²) in [6.45, 7) is 8.79. The van der Waals surface area contributed by atoms with E-state index in [1.54, 1.807) is 6.20 Å². The molecule has 1 atom stereocenters. The highest BCUT2D eigenvalue weighted by molar-refractivity contribution is 5.92. The number of carbonyl (C=O) groups excluding carboxylic acids is 1. The molecule has 1 aliphatic heterocycles. The lowest BCUT2D eigenvalue weighted by Gasteiger charge is -2.21.